The molecule has 2 rings (SSSR count). The Hall–Kier alpha value is -1.19. The molecule has 0 bridgehead atoms. The van der Waals surface area contributed by atoms with Gasteiger partial charge in [0.1, 0.15) is 0 Å². The predicted molar refractivity (Wildman–Crippen MR) is 80.4 cm³/mol. The van der Waals surface area contributed by atoms with E-state index in [1.165, 1.54) is 6.20 Å². The zero-order valence-corrected chi connectivity index (χ0v) is 13.6. The van der Waals surface area contributed by atoms with Crippen LogP contribution in [0.3, 0.4) is 0 Å². The fraction of sp³-hybridized carbons (Fsp3) is 0.583. The first-order chi connectivity index (χ1) is 9.68. The molecule has 118 valence electrons. The summed E-state index contributed by atoms with van der Waals surface area (Å²) in [6.45, 7) is 4.01. The highest BCUT2D eigenvalue weighted by molar-refractivity contribution is 7.92. The van der Waals surface area contributed by atoms with Crippen molar-refractivity contribution in [1.29, 1.82) is 0 Å². The lowest BCUT2D eigenvalue weighted by Gasteiger charge is -2.23. The zero-order valence-electron chi connectivity index (χ0n) is 12.0. The third-order valence-electron chi connectivity index (χ3n) is 3.28. The lowest BCUT2D eigenvalue weighted by atomic mass is 10.0. The molecule has 1 fully saturated rings. The van der Waals surface area contributed by atoms with Crippen molar-refractivity contribution < 1.29 is 16.8 Å². The second kappa shape index (κ2) is 5.54. The highest BCUT2D eigenvalue weighted by atomic mass is 32.2. The van der Waals surface area contributed by atoms with Gasteiger partial charge in [-0.15, -0.1) is 0 Å². The molecule has 1 atom stereocenters. The third-order valence-corrected chi connectivity index (χ3v) is 6.78. The van der Waals surface area contributed by atoms with Crippen molar-refractivity contribution in [2.24, 2.45) is 0 Å². The zero-order chi connectivity index (χ0) is 15.7. The lowest BCUT2D eigenvalue weighted by molar-refractivity contribution is 0.460. The Kier molecular flexibility index (Phi) is 4.27. The van der Waals surface area contributed by atoms with E-state index in [1.807, 2.05) is 6.92 Å². The third kappa shape index (κ3) is 3.72. The monoisotopic (exact) mass is 333 g/mol. The molecule has 0 aromatic carbocycles. The van der Waals surface area contributed by atoms with Gasteiger partial charge in [-0.2, -0.15) is 0 Å². The Balaban J connectivity index is 2.32. The van der Waals surface area contributed by atoms with E-state index in [-0.39, 0.29) is 23.0 Å². The van der Waals surface area contributed by atoms with E-state index in [2.05, 4.69) is 15.0 Å². The summed E-state index contributed by atoms with van der Waals surface area (Å²) < 4.78 is 50.6. The number of aromatic nitrogens is 1. The van der Waals surface area contributed by atoms with Crippen LogP contribution >= 0.6 is 0 Å². The number of nitrogens with one attached hydrogen (secondary N) is 2. The summed E-state index contributed by atoms with van der Waals surface area (Å²) in [6.07, 6.45) is 1.65. The summed E-state index contributed by atoms with van der Waals surface area (Å²) in [5.74, 6) is -0.198. The molecular weight excluding hydrogens is 314 g/mol. The van der Waals surface area contributed by atoms with Gasteiger partial charge in [-0.3, -0.25) is 0 Å². The van der Waals surface area contributed by atoms with Crippen molar-refractivity contribution in [2.45, 2.75) is 30.8 Å². The lowest BCUT2D eigenvalue weighted by Crippen LogP contribution is -2.47. The van der Waals surface area contributed by atoms with Crippen LogP contribution in [-0.2, 0) is 19.9 Å². The fourth-order valence-electron chi connectivity index (χ4n) is 2.39. The molecule has 1 aromatic heterocycles. The summed E-state index contributed by atoms with van der Waals surface area (Å²) in [4.78, 5) is 3.92. The molecule has 7 nitrogen and oxygen atoms in total. The van der Waals surface area contributed by atoms with Gasteiger partial charge in [0.25, 0.3) is 10.0 Å². The van der Waals surface area contributed by atoms with Gasteiger partial charge in [0.15, 0.2) is 14.9 Å². The van der Waals surface area contributed by atoms with Crippen molar-refractivity contribution in [3.05, 3.63) is 18.3 Å². The second-order valence-electron chi connectivity index (χ2n) is 5.39. The normalized spacial score (nSPS) is 24.9. The van der Waals surface area contributed by atoms with Crippen molar-refractivity contribution in [3.8, 4) is 0 Å². The number of pyridine rings is 1. The maximum Gasteiger partial charge on any atom is 0.260 e. The van der Waals surface area contributed by atoms with Crippen molar-refractivity contribution in [3.63, 3.8) is 0 Å². The van der Waals surface area contributed by atoms with Gasteiger partial charge in [-0.05, 0) is 32.4 Å². The Bertz CT molecular complexity index is 731. The van der Waals surface area contributed by atoms with Gasteiger partial charge in [0.2, 0.25) is 0 Å². The highest BCUT2D eigenvalue weighted by Crippen LogP contribution is 2.26. The summed E-state index contributed by atoms with van der Waals surface area (Å²) >= 11 is 0. The highest BCUT2D eigenvalue weighted by Gasteiger charge is 2.42. The second-order valence-corrected chi connectivity index (χ2v) is 9.18. The number of nitrogens with zero attached hydrogens (tertiary/aromatic N) is 1. The van der Waals surface area contributed by atoms with E-state index in [9.17, 15) is 16.8 Å². The van der Waals surface area contributed by atoms with E-state index < -0.39 is 25.4 Å². The van der Waals surface area contributed by atoms with Crippen molar-refractivity contribution in [1.82, 2.24) is 9.71 Å². The van der Waals surface area contributed by atoms with Gasteiger partial charge in [-0.1, -0.05) is 0 Å². The van der Waals surface area contributed by atoms with Gasteiger partial charge >= 0.3 is 0 Å². The first-order valence-corrected chi connectivity index (χ1v) is 9.91. The van der Waals surface area contributed by atoms with E-state index in [1.54, 1.807) is 19.1 Å². The quantitative estimate of drug-likeness (QED) is 0.806. The maximum absolute atomic E-state index is 12.5. The molecule has 2 heterocycles. The molecule has 1 saturated heterocycles. The molecule has 1 aromatic rings. The van der Waals surface area contributed by atoms with E-state index in [0.717, 1.165) is 0 Å². The van der Waals surface area contributed by atoms with Crippen LogP contribution in [0.25, 0.3) is 0 Å². The van der Waals surface area contributed by atoms with E-state index >= 15 is 0 Å². The van der Waals surface area contributed by atoms with Crippen molar-refractivity contribution in [2.75, 3.05) is 23.4 Å². The molecule has 9 heteroatoms. The number of sulfonamides is 1. The van der Waals surface area contributed by atoms with Gasteiger partial charge in [-0.25, -0.2) is 26.5 Å². The number of sulfone groups is 1. The van der Waals surface area contributed by atoms with Crippen LogP contribution in [0.5, 0.6) is 0 Å². The molecule has 1 aliphatic rings. The summed E-state index contributed by atoms with van der Waals surface area (Å²) in [5, 5.41) is 2.82. The number of rotatable bonds is 5. The summed E-state index contributed by atoms with van der Waals surface area (Å²) in [5.41, 5.74) is -0.587. The number of hydrogen-bond acceptors (Lipinski definition) is 6. The Morgan fingerprint density at radius 1 is 1.43 bits per heavy atom. The van der Waals surface area contributed by atoms with Crippen LogP contribution < -0.4 is 10.0 Å². The molecule has 2 N–H and O–H groups in total. The van der Waals surface area contributed by atoms with Crippen molar-refractivity contribution >= 4 is 25.5 Å². The summed E-state index contributed by atoms with van der Waals surface area (Å²) in [7, 11) is -7.09. The van der Waals surface area contributed by atoms with Crippen LogP contribution in [0.15, 0.2) is 23.4 Å². The minimum atomic E-state index is -3.89. The minimum absolute atomic E-state index is 0.00565. The number of anilines is 1. The first kappa shape index (κ1) is 16.2. The average molecular weight is 333 g/mol. The average Bonchev–Trinajstić information content (AvgIpc) is 2.63. The largest absolute Gasteiger partial charge is 0.383 e. The minimum Gasteiger partial charge on any atom is -0.383 e. The summed E-state index contributed by atoms with van der Waals surface area (Å²) in [6, 6.07) is 3.26. The molecule has 0 radical (unpaired) electrons. The number of hydrogen-bond donors (Lipinski definition) is 2. The molecule has 0 aliphatic carbocycles. The Morgan fingerprint density at radius 3 is 2.71 bits per heavy atom. The Morgan fingerprint density at radius 2 is 2.14 bits per heavy atom. The van der Waals surface area contributed by atoms with Gasteiger partial charge < -0.3 is 5.32 Å². The van der Waals surface area contributed by atoms with Crippen LogP contribution in [0.4, 0.5) is 5.69 Å². The SMILES string of the molecule is CCNc1cccnc1S(=O)(=O)NC1(C)CCS(=O)(=O)C1. The molecule has 0 amide bonds. The molecule has 1 aliphatic heterocycles. The fourth-order valence-corrected chi connectivity index (χ4v) is 6.13. The van der Waals surface area contributed by atoms with Gasteiger partial charge in [0.05, 0.1) is 17.2 Å². The van der Waals surface area contributed by atoms with Gasteiger partial charge in [0, 0.05) is 18.3 Å². The van der Waals surface area contributed by atoms with Crippen LogP contribution in [-0.4, -0.2) is 45.4 Å². The molecular formula is C12H19N3O4S2. The maximum atomic E-state index is 12.5. The van der Waals surface area contributed by atoms with E-state index in [4.69, 9.17) is 0 Å². The van der Waals surface area contributed by atoms with Crippen LogP contribution in [0.2, 0.25) is 0 Å². The standard InChI is InChI=1S/C12H19N3O4S2/c1-3-13-10-5-4-7-14-11(10)21(18,19)15-12(2)6-8-20(16,17)9-12/h4-5,7,13,15H,3,6,8-9H2,1-2H3. The van der Waals surface area contributed by atoms with Crippen LogP contribution in [0, 0.1) is 0 Å². The molecule has 0 saturated carbocycles. The smallest absolute Gasteiger partial charge is 0.260 e. The first-order valence-electron chi connectivity index (χ1n) is 6.61. The van der Waals surface area contributed by atoms with E-state index in [0.29, 0.717) is 12.2 Å². The molecule has 0 spiro atoms. The van der Waals surface area contributed by atoms with Crippen LogP contribution in [0.1, 0.15) is 20.3 Å². The molecule has 1 unspecified atom stereocenters. The Labute approximate surface area is 125 Å². The topological polar surface area (TPSA) is 105 Å². The molecule has 21 heavy (non-hydrogen) atoms. The predicted octanol–water partition coefficient (Wildman–Crippen LogP) is 0.369.